The molecule has 3 heterocycles. The molecule has 4 rings (SSSR count). The zero-order chi connectivity index (χ0) is 23.6. The van der Waals surface area contributed by atoms with Crippen LogP contribution >= 0.6 is 11.6 Å². The van der Waals surface area contributed by atoms with E-state index >= 15 is 0 Å². The Morgan fingerprint density at radius 1 is 1.24 bits per heavy atom. The lowest BCUT2D eigenvalue weighted by Crippen LogP contribution is -2.25. The second-order valence-corrected chi connectivity index (χ2v) is 10.0. The molecule has 12 heteroatoms. The first-order valence-corrected chi connectivity index (χ1v) is 12.4. The first-order chi connectivity index (χ1) is 15.7. The molecule has 0 spiro atoms. The largest absolute Gasteiger partial charge is 0.345 e. The van der Waals surface area contributed by atoms with Gasteiger partial charge in [0.1, 0.15) is 6.07 Å². The monoisotopic (exact) mass is 485 g/mol. The minimum atomic E-state index is -3.53. The Balaban J connectivity index is 1.61. The fraction of sp³-hybridized carbons (Fsp3) is 0.286. The van der Waals surface area contributed by atoms with Crippen molar-refractivity contribution in [2.45, 2.75) is 24.3 Å². The lowest BCUT2D eigenvalue weighted by atomic mass is 10.2. The van der Waals surface area contributed by atoms with Gasteiger partial charge in [0.2, 0.25) is 5.95 Å². The highest BCUT2D eigenvalue weighted by Gasteiger charge is 2.21. The van der Waals surface area contributed by atoms with E-state index in [1.165, 1.54) is 29.1 Å². The number of halogens is 1. The lowest BCUT2D eigenvalue weighted by molar-refractivity contribution is 0.0949. The number of hydrogen-bond acceptors (Lipinski definition) is 8. The summed E-state index contributed by atoms with van der Waals surface area (Å²) < 4.78 is 25.3. The van der Waals surface area contributed by atoms with E-state index in [-0.39, 0.29) is 22.0 Å². The van der Waals surface area contributed by atoms with Gasteiger partial charge in [0.25, 0.3) is 5.91 Å². The van der Waals surface area contributed by atoms with Gasteiger partial charge in [0.05, 0.1) is 17.0 Å². The number of amides is 1. The summed E-state index contributed by atoms with van der Waals surface area (Å²) in [5.41, 5.74) is 0.529. The molecule has 1 saturated heterocycles. The Bertz CT molecular complexity index is 1340. The number of nitrogens with zero attached hydrogens (tertiary/aromatic N) is 6. The van der Waals surface area contributed by atoms with E-state index in [0.29, 0.717) is 23.2 Å². The van der Waals surface area contributed by atoms with E-state index < -0.39 is 15.7 Å². The number of benzene rings is 1. The molecule has 1 fully saturated rings. The van der Waals surface area contributed by atoms with Gasteiger partial charge < -0.3 is 10.2 Å². The van der Waals surface area contributed by atoms with Gasteiger partial charge in [-0.25, -0.2) is 13.4 Å². The molecule has 170 valence electrons. The third-order valence-electron chi connectivity index (χ3n) is 5.11. The van der Waals surface area contributed by atoms with Crippen LogP contribution < -0.4 is 10.2 Å². The van der Waals surface area contributed by atoms with Gasteiger partial charge in [0, 0.05) is 36.1 Å². The second kappa shape index (κ2) is 9.17. The lowest BCUT2D eigenvalue weighted by Gasteiger charge is -2.10. The van der Waals surface area contributed by atoms with Crippen molar-refractivity contribution in [3.8, 4) is 11.9 Å². The molecule has 0 saturated carbocycles. The quantitative estimate of drug-likeness (QED) is 0.561. The third-order valence-corrected chi connectivity index (χ3v) is 6.42. The Labute approximate surface area is 195 Å². The van der Waals surface area contributed by atoms with E-state index in [4.69, 9.17) is 16.9 Å². The maximum atomic E-state index is 12.8. The van der Waals surface area contributed by atoms with Crippen LogP contribution in [0, 0.1) is 11.3 Å². The van der Waals surface area contributed by atoms with Crippen molar-refractivity contribution in [1.82, 2.24) is 25.1 Å². The summed E-state index contributed by atoms with van der Waals surface area (Å²) in [6, 6.07) is 9.27. The first-order valence-electron chi connectivity index (χ1n) is 10.1. The molecule has 0 aliphatic carbocycles. The van der Waals surface area contributed by atoms with E-state index in [2.05, 4.69) is 25.3 Å². The molecule has 1 N–H and O–H groups in total. The predicted molar refractivity (Wildman–Crippen MR) is 121 cm³/mol. The van der Waals surface area contributed by atoms with Crippen molar-refractivity contribution in [2.24, 2.45) is 0 Å². The molecule has 0 atom stereocenters. The van der Waals surface area contributed by atoms with Gasteiger partial charge in [-0.3, -0.25) is 4.79 Å². The number of carbonyl (C=O) groups is 1. The molecule has 1 aromatic carbocycles. The van der Waals surface area contributed by atoms with Crippen LogP contribution in [0.25, 0.3) is 5.82 Å². The standard InChI is InChI=1S/C21H20ClN7O3S/c1-33(31,32)17-9-15(8-16(22)10-17)20(30)25-13-19-26-21(28-6-2-3-7-28)27-29(19)18-5-4-14(11-23)12-24-18/h4-5,8-10,12H,2-3,6-7,13H2,1H3,(H,25,30). The van der Waals surface area contributed by atoms with E-state index in [1.54, 1.807) is 12.1 Å². The third kappa shape index (κ3) is 5.13. The molecule has 33 heavy (non-hydrogen) atoms. The normalized spacial score (nSPS) is 13.7. The van der Waals surface area contributed by atoms with Crippen molar-refractivity contribution < 1.29 is 13.2 Å². The fourth-order valence-corrected chi connectivity index (χ4v) is 4.41. The summed E-state index contributed by atoms with van der Waals surface area (Å²) in [6.07, 6.45) is 4.58. The topological polar surface area (TPSA) is 134 Å². The minimum Gasteiger partial charge on any atom is -0.345 e. The minimum absolute atomic E-state index is 0.0159. The molecule has 0 unspecified atom stereocenters. The smallest absolute Gasteiger partial charge is 0.251 e. The van der Waals surface area contributed by atoms with E-state index in [0.717, 1.165) is 32.2 Å². The molecule has 1 amide bonds. The molecular formula is C21H20ClN7O3S. The maximum Gasteiger partial charge on any atom is 0.251 e. The Hall–Kier alpha value is -3.49. The fourth-order valence-electron chi connectivity index (χ4n) is 3.43. The predicted octanol–water partition coefficient (Wildman–Crippen LogP) is 2.12. The van der Waals surface area contributed by atoms with Crippen LogP contribution in [0.3, 0.4) is 0 Å². The van der Waals surface area contributed by atoms with E-state index in [1.807, 2.05) is 6.07 Å². The van der Waals surface area contributed by atoms with Crippen LogP contribution in [0.15, 0.2) is 41.4 Å². The highest BCUT2D eigenvalue weighted by atomic mass is 35.5. The highest BCUT2D eigenvalue weighted by molar-refractivity contribution is 7.90. The number of aromatic nitrogens is 4. The summed E-state index contributed by atoms with van der Waals surface area (Å²) in [6.45, 7) is 1.70. The molecular weight excluding hydrogens is 466 g/mol. The van der Waals surface area contributed by atoms with Crippen LogP contribution in [0.4, 0.5) is 5.95 Å². The number of sulfone groups is 1. The van der Waals surface area contributed by atoms with Crippen molar-refractivity contribution >= 4 is 33.3 Å². The molecule has 0 radical (unpaired) electrons. The number of carbonyl (C=O) groups excluding carboxylic acids is 1. The van der Waals surface area contributed by atoms with Gasteiger partial charge in [-0.05, 0) is 43.2 Å². The van der Waals surface area contributed by atoms with Gasteiger partial charge in [-0.2, -0.15) is 14.9 Å². The molecule has 1 aliphatic heterocycles. The van der Waals surface area contributed by atoms with Gasteiger partial charge in [-0.1, -0.05) is 11.6 Å². The number of rotatable bonds is 6. The number of pyridine rings is 1. The summed E-state index contributed by atoms with van der Waals surface area (Å²) in [7, 11) is -3.53. The summed E-state index contributed by atoms with van der Waals surface area (Å²) in [5.74, 6) is 0.920. The number of anilines is 1. The zero-order valence-corrected chi connectivity index (χ0v) is 19.3. The maximum absolute atomic E-state index is 12.8. The van der Waals surface area contributed by atoms with Crippen LogP contribution in [0.1, 0.15) is 34.6 Å². The summed E-state index contributed by atoms with van der Waals surface area (Å²) in [5, 5.41) is 16.5. The average Bonchev–Trinajstić information content (AvgIpc) is 3.46. The van der Waals surface area contributed by atoms with Gasteiger partial charge in [0.15, 0.2) is 21.5 Å². The molecule has 10 nitrogen and oxygen atoms in total. The Kier molecular flexibility index (Phi) is 6.31. The van der Waals surface area contributed by atoms with Crippen molar-refractivity contribution in [1.29, 1.82) is 5.26 Å². The molecule has 1 aliphatic rings. The van der Waals surface area contributed by atoms with Crippen LogP contribution in [-0.4, -0.2) is 53.4 Å². The molecule has 0 bridgehead atoms. The SMILES string of the molecule is CS(=O)(=O)c1cc(Cl)cc(C(=O)NCc2nc(N3CCCC3)nn2-c2ccc(C#N)cn2)c1. The van der Waals surface area contributed by atoms with Crippen molar-refractivity contribution in [3.63, 3.8) is 0 Å². The summed E-state index contributed by atoms with van der Waals surface area (Å²) in [4.78, 5) is 23.6. The zero-order valence-electron chi connectivity index (χ0n) is 17.7. The molecule has 2 aromatic heterocycles. The number of hydrogen-bond donors (Lipinski definition) is 1. The Morgan fingerprint density at radius 3 is 2.64 bits per heavy atom. The molecule has 3 aromatic rings. The van der Waals surface area contributed by atoms with Gasteiger partial charge >= 0.3 is 0 Å². The van der Waals surface area contributed by atoms with Crippen molar-refractivity contribution in [2.75, 3.05) is 24.2 Å². The second-order valence-electron chi connectivity index (χ2n) is 7.58. The first kappa shape index (κ1) is 22.7. The van der Waals surface area contributed by atoms with Crippen LogP contribution in [0.5, 0.6) is 0 Å². The van der Waals surface area contributed by atoms with Crippen LogP contribution in [-0.2, 0) is 16.4 Å². The highest BCUT2D eigenvalue weighted by Crippen LogP contribution is 2.21. The van der Waals surface area contributed by atoms with Crippen LogP contribution in [0.2, 0.25) is 5.02 Å². The Morgan fingerprint density at radius 2 is 2.00 bits per heavy atom. The van der Waals surface area contributed by atoms with E-state index in [9.17, 15) is 13.2 Å². The van der Waals surface area contributed by atoms with Crippen molar-refractivity contribution in [3.05, 3.63) is 58.5 Å². The number of nitriles is 1. The number of nitrogens with one attached hydrogen (secondary N) is 1. The van der Waals surface area contributed by atoms with Gasteiger partial charge in [-0.15, -0.1) is 5.10 Å². The summed E-state index contributed by atoms with van der Waals surface area (Å²) >= 11 is 6.02. The average molecular weight is 486 g/mol.